The number of allylic oxidation sites excluding steroid dienone is 8. The second kappa shape index (κ2) is 37.3. The van der Waals surface area contributed by atoms with E-state index in [-0.39, 0.29) is 165 Å². The number of fused-ring (bicyclic) bond motifs is 6. The molecule has 0 radical (unpaired) electrons. The van der Waals surface area contributed by atoms with Gasteiger partial charge in [0.15, 0.2) is 12.3 Å². The van der Waals surface area contributed by atoms with Crippen molar-refractivity contribution in [2.45, 2.75) is 69.9 Å². The molecule has 0 saturated heterocycles. The average Bonchev–Trinajstić information content (AvgIpc) is 1.56. The Morgan fingerprint density at radius 2 is 0.971 bits per heavy atom. The van der Waals surface area contributed by atoms with E-state index >= 15 is 0 Å². The second-order valence-corrected chi connectivity index (χ2v) is 30.7. The minimum absolute atomic E-state index is 0.00193. The van der Waals surface area contributed by atoms with E-state index in [4.69, 9.17) is 52.2 Å². The topological polar surface area (TPSA) is 442 Å². The molecule has 7 N–H and O–H groups in total. The van der Waals surface area contributed by atoms with Crippen LogP contribution in [0.1, 0.15) is 50.7 Å². The molecule has 1 aromatic heterocycles. The molecule has 0 saturated carbocycles. The lowest BCUT2D eigenvalue weighted by molar-refractivity contribution is -0.442. The number of benzene rings is 4. The molecule has 32 nitrogen and oxygen atoms in total. The zero-order valence-electron chi connectivity index (χ0n) is 56.5. The van der Waals surface area contributed by atoms with Crippen molar-refractivity contribution in [1.29, 1.82) is 0 Å². The summed E-state index contributed by atoms with van der Waals surface area (Å²) in [4.78, 5) is 15.7. The van der Waals surface area contributed by atoms with E-state index in [0.29, 0.717) is 58.8 Å². The van der Waals surface area contributed by atoms with Crippen LogP contribution in [-0.2, 0) is 114 Å². The highest BCUT2D eigenvalue weighted by Gasteiger charge is 2.50. The quantitative estimate of drug-likeness (QED) is 0.0111. The fourth-order valence-electron chi connectivity index (χ4n) is 11.9. The smallest absolute Gasteiger partial charge is 0.335 e. The zero-order chi connectivity index (χ0) is 74.5. The lowest BCUT2D eigenvalue weighted by Gasteiger charge is -2.30. The number of carbonyl (C=O) groups is 1. The van der Waals surface area contributed by atoms with Gasteiger partial charge < -0.3 is 67.3 Å². The fourth-order valence-corrected chi connectivity index (χ4v) is 14.9. The molecule has 0 bridgehead atoms. The predicted molar refractivity (Wildman–Crippen MR) is 369 cm³/mol. The van der Waals surface area contributed by atoms with Crippen LogP contribution in [0.5, 0.6) is 11.8 Å². The number of methoxy groups -OCH3 is 2. The molecule has 0 spiro atoms. The van der Waals surface area contributed by atoms with Gasteiger partial charge in [-0.05, 0) is 91.9 Å². The zero-order valence-corrected chi connectivity index (χ0v) is 60.6. The summed E-state index contributed by atoms with van der Waals surface area (Å²) in [5.74, 6) is -2.31. The minimum atomic E-state index is -5.12. The third-order valence-corrected chi connectivity index (χ3v) is 20.8. The van der Waals surface area contributed by atoms with Gasteiger partial charge in [0.1, 0.15) is 16.4 Å². The molecule has 4 aromatic carbocycles. The number of aromatic nitrogens is 1. The normalized spacial score (nSPS) is 17.3. The molecule has 0 fully saturated rings. The molecule has 2 unspecified atom stereocenters. The van der Waals surface area contributed by atoms with Crippen LogP contribution in [0.15, 0.2) is 128 Å². The van der Waals surface area contributed by atoms with Crippen LogP contribution in [0.25, 0.3) is 21.5 Å². The molecule has 0 aliphatic carbocycles. The summed E-state index contributed by atoms with van der Waals surface area (Å²) in [7, 11) is -21.6. The Hall–Kier alpha value is -6.67. The molecule has 3 heterocycles. The maximum atomic E-state index is 13.0. The van der Waals surface area contributed by atoms with Crippen LogP contribution < -0.4 is 9.74 Å². The highest BCUT2D eigenvalue weighted by atomic mass is 32.2. The van der Waals surface area contributed by atoms with Crippen molar-refractivity contribution in [1.82, 2.24) is 4.73 Å². The molecular formula is C65H86N3O29S5+. The highest BCUT2D eigenvalue weighted by Crippen LogP contribution is 2.55. The largest absolute Gasteiger partial charge is 0.492 e. The van der Waals surface area contributed by atoms with Gasteiger partial charge in [-0.3, -0.25) is 22.8 Å². The number of nitrogens with zero attached hydrogens (tertiary/aromatic N) is 3. The number of carbonyl (C=O) groups excluding carboxylic acids is 1. The Balaban J connectivity index is 1.14. The van der Waals surface area contributed by atoms with Crippen molar-refractivity contribution in [3.63, 3.8) is 0 Å². The minimum Gasteiger partial charge on any atom is -0.492 e. The van der Waals surface area contributed by atoms with E-state index in [1.807, 2.05) is 11.5 Å². The lowest BCUT2D eigenvalue weighted by Crippen LogP contribution is -2.33. The third kappa shape index (κ3) is 22.4. The van der Waals surface area contributed by atoms with Gasteiger partial charge in [-0.25, -0.2) is 4.79 Å². The molecule has 7 rings (SSSR count). The molecule has 37 heteroatoms. The SMILES string of the molecule is COCCOCCOCCOCCC1(C)C(C=CC=CC=CC=C2N(CCOC)c3cc(S(=O)(=O)O)c4ccc(S(=O)(=O)O)cc4c3C2(C)CCCS(=O)(=O)O)=[N+](CCOCCOCCOCCOCCOCCC(=O)On2c(O)ccc2O)c2ccc3c(S(=O)(=O)O)cc(S(=O)(=O)O)cc3c21. The maximum Gasteiger partial charge on any atom is 0.335 e. The summed E-state index contributed by atoms with van der Waals surface area (Å²) >= 11 is 0. The Morgan fingerprint density at radius 3 is 1.51 bits per heavy atom. The summed E-state index contributed by atoms with van der Waals surface area (Å²) < 4.78 is 237. The van der Waals surface area contributed by atoms with E-state index in [2.05, 4.69) is 0 Å². The van der Waals surface area contributed by atoms with E-state index in [9.17, 15) is 79.9 Å². The Bertz CT molecular complexity index is 4480. The second-order valence-electron chi connectivity index (χ2n) is 23.5. The predicted octanol–water partition coefficient (Wildman–Crippen LogP) is 5.41. The summed E-state index contributed by atoms with van der Waals surface area (Å²) in [6.07, 6.45) is 11.6. The van der Waals surface area contributed by atoms with E-state index in [0.717, 1.165) is 36.4 Å². The first-order chi connectivity index (χ1) is 48.3. The molecule has 0 amide bonds. The van der Waals surface area contributed by atoms with E-state index in [1.54, 1.807) is 67.5 Å². The van der Waals surface area contributed by atoms with Crippen LogP contribution in [0, 0.1) is 0 Å². The van der Waals surface area contributed by atoms with Crippen molar-refractivity contribution in [2.75, 3.05) is 157 Å². The van der Waals surface area contributed by atoms with Gasteiger partial charge in [0, 0.05) is 84.8 Å². The van der Waals surface area contributed by atoms with Crippen molar-refractivity contribution < 1.29 is 137 Å². The van der Waals surface area contributed by atoms with Crippen molar-refractivity contribution in [3.05, 3.63) is 120 Å². The van der Waals surface area contributed by atoms with Crippen LogP contribution in [0.4, 0.5) is 11.4 Å². The summed E-state index contributed by atoms with van der Waals surface area (Å²) in [5, 5.41) is 19.1. The molecule has 102 heavy (non-hydrogen) atoms. The first-order valence-electron chi connectivity index (χ1n) is 31.9. The van der Waals surface area contributed by atoms with Crippen molar-refractivity contribution in [3.8, 4) is 11.8 Å². The maximum absolute atomic E-state index is 13.0. The van der Waals surface area contributed by atoms with Crippen molar-refractivity contribution >= 4 is 95.2 Å². The standard InChI is InChI=1S/C65H85N3O29S5/c1-64(20-10-42-98(72,73)74)57(67(22-26-87-3)54-46-56(102(84,85)86)49-14-13-47(99(75,76)77)43-51(49)63(54)64)11-8-6-5-7-9-12-58-65(2,21-25-90-31-34-94-37-36-92-29-28-88-4)62-52-44-48(100(78,79)80)45-55(101(81,82)83)50(52)15-16-53(62)66(58)23-27-91-32-35-95-39-41-96-40-38-93-33-30-89-24-19-61(71)97-68-59(69)17-18-60(68)70/h5-9,11-18,43-46H,10,19-42H2,1-4H3,(H6-,69,70,72,73,74,75,76,77,78,79,80,81,82,83,84,85,86)/p+1. The molecule has 2 atom stereocenters. The van der Waals surface area contributed by atoms with Gasteiger partial charge in [0.25, 0.3) is 50.6 Å². The highest BCUT2D eigenvalue weighted by molar-refractivity contribution is 7.87. The molecular weight excluding hydrogens is 1450 g/mol. The number of hydrogen-bond acceptors (Lipinski definition) is 25. The first kappa shape index (κ1) is 82.6. The molecule has 2 aliphatic rings. The lowest BCUT2D eigenvalue weighted by atomic mass is 9.75. The number of anilines is 1. The Labute approximate surface area is 591 Å². The number of rotatable bonds is 46. The van der Waals surface area contributed by atoms with Gasteiger partial charge in [0.2, 0.25) is 17.4 Å². The van der Waals surface area contributed by atoms with Gasteiger partial charge in [-0.1, -0.05) is 36.4 Å². The number of ether oxygens (including phenoxy) is 10. The fraction of sp³-hybridized carbons (Fsp3) is 0.477. The van der Waals surface area contributed by atoms with E-state index < -0.39 is 104 Å². The van der Waals surface area contributed by atoms with Gasteiger partial charge >= 0.3 is 5.97 Å². The third-order valence-electron chi connectivity index (χ3n) is 16.5. The summed E-state index contributed by atoms with van der Waals surface area (Å²) in [6.45, 7) is 7.27. The van der Waals surface area contributed by atoms with Crippen LogP contribution >= 0.6 is 0 Å². The Morgan fingerprint density at radius 1 is 0.490 bits per heavy atom. The first-order valence-corrected chi connectivity index (χ1v) is 39.3. The Kier molecular flexibility index (Phi) is 30.2. The number of aromatic hydroxyl groups is 2. The molecule has 2 aliphatic heterocycles. The van der Waals surface area contributed by atoms with Crippen LogP contribution in [0.2, 0.25) is 0 Å². The van der Waals surface area contributed by atoms with Crippen molar-refractivity contribution in [2.24, 2.45) is 0 Å². The van der Waals surface area contributed by atoms with Crippen LogP contribution in [0.3, 0.4) is 0 Å². The van der Waals surface area contributed by atoms with Gasteiger partial charge in [-0.15, -0.1) is 4.73 Å². The summed E-state index contributed by atoms with van der Waals surface area (Å²) in [6, 6.07) is 11.5. The van der Waals surface area contributed by atoms with Gasteiger partial charge in [-0.2, -0.15) is 46.7 Å². The summed E-state index contributed by atoms with van der Waals surface area (Å²) in [5.41, 5.74) is -0.0649. The van der Waals surface area contributed by atoms with Crippen LogP contribution in [-0.4, -0.2) is 248 Å². The number of hydrogen-bond donors (Lipinski definition) is 7. The molecule has 564 valence electrons. The average molecular weight is 1530 g/mol. The monoisotopic (exact) mass is 1530 g/mol. The van der Waals surface area contributed by atoms with E-state index in [1.165, 1.54) is 19.2 Å². The van der Waals surface area contributed by atoms with Gasteiger partial charge in [0.05, 0.1) is 133 Å². The molecule has 5 aromatic rings.